The smallest absolute Gasteiger partial charge is 0.239 e. The number of nitrogens with zero attached hydrogens (tertiary/aromatic N) is 4. The van der Waals surface area contributed by atoms with Crippen molar-refractivity contribution in [3.8, 4) is 0 Å². The second kappa shape index (κ2) is 6.51. The van der Waals surface area contributed by atoms with Crippen LogP contribution in [0.1, 0.15) is 5.56 Å². The van der Waals surface area contributed by atoms with Gasteiger partial charge in [-0.15, -0.1) is 0 Å². The van der Waals surface area contributed by atoms with Crippen LogP contribution in [0.5, 0.6) is 0 Å². The Morgan fingerprint density at radius 1 is 1.05 bits per heavy atom. The quantitative estimate of drug-likeness (QED) is 0.647. The molecule has 0 bridgehead atoms. The fraction of sp³-hybridized carbons (Fsp3) is 0.333. The molecule has 0 saturated carbocycles. The van der Waals surface area contributed by atoms with Crippen LogP contribution in [0, 0.1) is 0 Å². The van der Waals surface area contributed by atoms with Crippen molar-refractivity contribution in [1.82, 2.24) is 14.9 Å². The van der Waals surface area contributed by atoms with E-state index in [2.05, 4.69) is 55.5 Å². The molecule has 1 aromatic carbocycles. The average molecular weight is 284 g/mol. The number of nitrogens with two attached hydrogens (primary N) is 1. The van der Waals surface area contributed by atoms with E-state index in [0.717, 1.165) is 38.5 Å². The van der Waals surface area contributed by atoms with Crippen LogP contribution in [0.2, 0.25) is 0 Å². The van der Waals surface area contributed by atoms with E-state index in [-0.39, 0.29) is 0 Å². The fourth-order valence-corrected chi connectivity index (χ4v) is 2.57. The van der Waals surface area contributed by atoms with Crippen LogP contribution in [0.15, 0.2) is 42.6 Å². The van der Waals surface area contributed by atoms with Gasteiger partial charge in [0.05, 0.1) is 0 Å². The molecule has 1 aliphatic heterocycles. The first-order chi connectivity index (χ1) is 10.3. The van der Waals surface area contributed by atoms with Crippen molar-refractivity contribution in [2.45, 2.75) is 6.54 Å². The summed E-state index contributed by atoms with van der Waals surface area (Å²) in [5.74, 6) is 6.74. The molecule has 21 heavy (non-hydrogen) atoms. The second-order valence-corrected chi connectivity index (χ2v) is 5.13. The SMILES string of the molecule is NNc1nccc(N2CCN(Cc3ccccc3)CC2)n1. The molecule has 0 amide bonds. The Labute approximate surface area is 124 Å². The van der Waals surface area contributed by atoms with Crippen LogP contribution >= 0.6 is 0 Å². The van der Waals surface area contributed by atoms with Crippen LogP contribution < -0.4 is 16.2 Å². The van der Waals surface area contributed by atoms with Crippen molar-refractivity contribution < 1.29 is 0 Å². The number of piperazine rings is 1. The minimum absolute atomic E-state index is 0.458. The molecule has 0 radical (unpaired) electrons. The maximum atomic E-state index is 5.35. The molecule has 6 heteroatoms. The van der Waals surface area contributed by atoms with Gasteiger partial charge in [-0.2, -0.15) is 4.98 Å². The summed E-state index contributed by atoms with van der Waals surface area (Å²) in [5.41, 5.74) is 3.85. The topological polar surface area (TPSA) is 70.3 Å². The summed E-state index contributed by atoms with van der Waals surface area (Å²) >= 11 is 0. The fourth-order valence-electron chi connectivity index (χ4n) is 2.57. The number of nitrogen functional groups attached to an aromatic ring is 1. The third kappa shape index (κ3) is 3.48. The van der Waals surface area contributed by atoms with Gasteiger partial charge in [-0.3, -0.25) is 10.3 Å². The number of aromatic nitrogens is 2. The lowest BCUT2D eigenvalue weighted by Crippen LogP contribution is -2.46. The zero-order chi connectivity index (χ0) is 14.5. The highest BCUT2D eigenvalue weighted by Gasteiger charge is 2.18. The van der Waals surface area contributed by atoms with Gasteiger partial charge in [0, 0.05) is 38.9 Å². The highest BCUT2D eigenvalue weighted by Crippen LogP contribution is 2.15. The number of rotatable bonds is 4. The van der Waals surface area contributed by atoms with Gasteiger partial charge in [0.2, 0.25) is 5.95 Å². The van der Waals surface area contributed by atoms with Crippen molar-refractivity contribution in [2.75, 3.05) is 36.5 Å². The Morgan fingerprint density at radius 2 is 1.81 bits per heavy atom. The molecule has 0 spiro atoms. The van der Waals surface area contributed by atoms with Crippen molar-refractivity contribution in [1.29, 1.82) is 0 Å². The summed E-state index contributed by atoms with van der Waals surface area (Å²) in [7, 11) is 0. The number of hydrazine groups is 1. The number of hydrogen-bond acceptors (Lipinski definition) is 6. The molecular formula is C15H20N6. The van der Waals surface area contributed by atoms with Crippen molar-refractivity contribution >= 4 is 11.8 Å². The molecule has 3 rings (SSSR count). The van der Waals surface area contributed by atoms with Crippen LogP contribution in [0.25, 0.3) is 0 Å². The Bertz CT molecular complexity index is 565. The third-order valence-electron chi connectivity index (χ3n) is 3.72. The predicted octanol–water partition coefficient (Wildman–Crippen LogP) is 1.08. The average Bonchev–Trinajstić information content (AvgIpc) is 2.56. The van der Waals surface area contributed by atoms with Gasteiger partial charge in [0.25, 0.3) is 0 Å². The van der Waals surface area contributed by atoms with Crippen molar-refractivity contribution in [3.05, 3.63) is 48.2 Å². The largest absolute Gasteiger partial charge is 0.354 e. The summed E-state index contributed by atoms with van der Waals surface area (Å²) in [6.07, 6.45) is 1.73. The van der Waals surface area contributed by atoms with Crippen LogP contribution in [0.4, 0.5) is 11.8 Å². The van der Waals surface area contributed by atoms with Gasteiger partial charge in [-0.1, -0.05) is 30.3 Å². The van der Waals surface area contributed by atoms with Gasteiger partial charge in [-0.25, -0.2) is 10.8 Å². The van der Waals surface area contributed by atoms with Gasteiger partial charge < -0.3 is 4.90 Å². The number of benzene rings is 1. The van der Waals surface area contributed by atoms with Gasteiger partial charge in [-0.05, 0) is 11.6 Å². The Morgan fingerprint density at radius 3 is 2.52 bits per heavy atom. The lowest BCUT2D eigenvalue weighted by Gasteiger charge is -2.35. The first-order valence-corrected chi connectivity index (χ1v) is 7.16. The molecule has 3 N–H and O–H groups in total. The van der Waals surface area contributed by atoms with E-state index < -0.39 is 0 Å². The monoisotopic (exact) mass is 284 g/mol. The van der Waals surface area contributed by atoms with E-state index in [0.29, 0.717) is 5.95 Å². The van der Waals surface area contributed by atoms with Crippen molar-refractivity contribution in [2.24, 2.45) is 5.84 Å². The lowest BCUT2D eigenvalue weighted by atomic mass is 10.2. The molecule has 1 aromatic heterocycles. The van der Waals surface area contributed by atoms with E-state index in [1.165, 1.54) is 5.56 Å². The first-order valence-electron chi connectivity index (χ1n) is 7.16. The zero-order valence-electron chi connectivity index (χ0n) is 11.9. The van der Waals surface area contributed by atoms with E-state index >= 15 is 0 Å². The van der Waals surface area contributed by atoms with Gasteiger partial charge in [0.15, 0.2) is 0 Å². The minimum atomic E-state index is 0.458. The van der Waals surface area contributed by atoms with E-state index in [1.807, 2.05) is 6.07 Å². The van der Waals surface area contributed by atoms with E-state index in [9.17, 15) is 0 Å². The summed E-state index contributed by atoms with van der Waals surface area (Å²) in [5, 5.41) is 0. The lowest BCUT2D eigenvalue weighted by molar-refractivity contribution is 0.249. The molecule has 2 heterocycles. The summed E-state index contributed by atoms with van der Waals surface area (Å²) < 4.78 is 0. The van der Waals surface area contributed by atoms with Crippen molar-refractivity contribution in [3.63, 3.8) is 0 Å². The number of anilines is 2. The van der Waals surface area contributed by atoms with E-state index in [4.69, 9.17) is 5.84 Å². The molecule has 110 valence electrons. The molecule has 1 fully saturated rings. The number of hydrogen-bond donors (Lipinski definition) is 2. The molecule has 0 atom stereocenters. The molecule has 1 saturated heterocycles. The predicted molar refractivity (Wildman–Crippen MR) is 83.8 cm³/mol. The van der Waals surface area contributed by atoms with Crippen LogP contribution in [-0.4, -0.2) is 41.0 Å². The maximum Gasteiger partial charge on any atom is 0.239 e. The normalized spacial score (nSPS) is 16.0. The maximum absolute atomic E-state index is 5.35. The minimum Gasteiger partial charge on any atom is -0.354 e. The zero-order valence-corrected chi connectivity index (χ0v) is 11.9. The summed E-state index contributed by atoms with van der Waals surface area (Å²) in [4.78, 5) is 13.2. The van der Waals surface area contributed by atoms with E-state index in [1.54, 1.807) is 6.20 Å². The molecule has 2 aromatic rings. The van der Waals surface area contributed by atoms with Gasteiger partial charge >= 0.3 is 0 Å². The Hall–Kier alpha value is -2.18. The Kier molecular flexibility index (Phi) is 4.28. The van der Waals surface area contributed by atoms with Crippen LogP contribution in [0.3, 0.4) is 0 Å². The summed E-state index contributed by atoms with van der Waals surface area (Å²) in [6.45, 7) is 5.00. The summed E-state index contributed by atoms with van der Waals surface area (Å²) in [6, 6.07) is 12.5. The standard InChI is InChI=1S/C15H20N6/c16-19-15-17-7-6-14(18-15)21-10-8-20(9-11-21)12-13-4-2-1-3-5-13/h1-7H,8-12,16H2,(H,17,18,19). The first kappa shape index (κ1) is 13.8. The van der Waals surface area contributed by atoms with Crippen LogP contribution in [-0.2, 0) is 6.54 Å². The third-order valence-corrected chi connectivity index (χ3v) is 3.72. The highest BCUT2D eigenvalue weighted by atomic mass is 15.3. The molecule has 6 nitrogen and oxygen atoms in total. The molecular weight excluding hydrogens is 264 g/mol. The highest BCUT2D eigenvalue weighted by molar-refractivity contribution is 5.42. The van der Waals surface area contributed by atoms with Gasteiger partial charge in [0.1, 0.15) is 5.82 Å². The Balaban J connectivity index is 1.57. The second-order valence-electron chi connectivity index (χ2n) is 5.13. The number of nitrogens with one attached hydrogen (secondary N) is 1. The molecule has 0 aliphatic carbocycles. The molecule has 1 aliphatic rings. The molecule has 0 unspecified atom stereocenters.